The number of hydrogen-bond acceptors (Lipinski definition) is 3. The van der Waals surface area contributed by atoms with Crippen molar-refractivity contribution in [3.05, 3.63) is 64.9 Å². The van der Waals surface area contributed by atoms with E-state index in [1.807, 2.05) is 18.2 Å². The molecule has 1 atom stereocenters. The molecule has 4 rings (SSSR count). The van der Waals surface area contributed by atoms with E-state index >= 15 is 0 Å². The third kappa shape index (κ3) is 3.86. The summed E-state index contributed by atoms with van der Waals surface area (Å²) >= 11 is 6.11. The largest absolute Gasteiger partial charge is 0.486 e. The van der Waals surface area contributed by atoms with Crippen molar-refractivity contribution in [1.29, 1.82) is 0 Å². The number of hydrogen-bond donors (Lipinski definition) is 0. The Balaban J connectivity index is 1.63. The van der Waals surface area contributed by atoms with Gasteiger partial charge in [0.2, 0.25) is 0 Å². The Bertz CT molecular complexity index is 942. The van der Waals surface area contributed by atoms with Gasteiger partial charge in [0.1, 0.15) is 29.5 Å². The average Bonchev–Trinajstić information content (AvgIpc) is 2.67. The zero-order valence-corrected chi connectivity index (χ0v) is 16.0. The minimum atomic E-state index is -0.362. The molecule has 1 saturated heterocycles. The van der Waals surface area contributed by atoms with Gasteiger partial charge in [0.25, 0.3) is 0 Å². The van der Waals surface area contributed by atoms with Crippen molar-refractivity contribution >= 4 is 28.3 Å². The molecule has 0 saturated carbocycles. The number of nitrogens with zero attached hydrogens (tertiary/aromatic N) is 2. The van der Waals surface area contributed by atoms with Crippen LogP contribution < -0.4 is 9.64 Å². The van der Waals surface area contributed by atoms with Crippen molar-refractivity contribution in [2.45, 2.75) is 26.4 Å². The normalized spacial score (nSPS) is 17.3. The number of para-hydroxylation sites is 1. The summed E-state index contributed by atoms with van der Waals surface area (Å²) in [5.41, 5.74) is 1.15. The molecule has 27 heavy (non-hydrogen) atoms. The van der Waals surface area contributed by atoms with Crippen LogP contribution in [0.1, 0.15) is 25.3 Å². The lowest BCUT2D eigenvalue weighted by molar-refractivity contribution is 0.303. The predicted octanol–water partition coefficient (Wildman–Crippen LogP) is 5.84. The first kappa shape index (κ1) is 18.1. The van der Waals surface area contributed by atoms with Crippen LogP contribution in [0.15, 0.2) is 48.5 Å². The highest BCUT2D eigenvalue weighted by atomic mass is 35.5. The molecule has 5 heteroatoms. The second-order valence-electron chi connectivity index (χ2n) is 7.18. The van der Waals surface area contributed by atoms with Crippen LogP contribution in [0.25, 0.3) is 10.9 Å². The molecule has 1 aliphatic heterocycles. The Hall–Kier alpha value is -2.33. The highest BCUT2D eigenvalue weighted by Gasteiger charge is 2.18. The number of pyridine rings is 1. The van der Waals surface area contributed by atoms with Crippen molar-refractivity contribution in [2.75, 3.05) is 18.0 Å². The molecule has 0 bridgehead atoms. The van der Waals surface area contributed by atoms with E-state index in [0.717, 1.165) is 29.8 Å². The summed E-state index contributed by atoms with van der Waals surface area (Å²) in [6, 6.07) is 14.6. The molecule has 0 amide bonds. The Labute approximate surface area is 163 Å². The first-order chi connectivity index (χ1) is 13.1. The van der Waals surface area contributed by atoms with E-state index in [2.05, 4.69) is 24.0 Å². The van der Waals surface area contributed by atoms with Crippen LogP contribution in [0, 0.1) is 11.7 Å². The topological polar surface area (TPSA) is 25.4 Å². The van der Waals surface area contributed by atoms with Crippen molar-refractivity contribution in [2.24, 2.45) is 5.92 Å². The summed E-state index contributed by atoms with van der Waals surface area (Å²) in [4.78, 5) is 7.20. The van der Waals surface area contributed by atoms with Gasteiger partial charge >= 0.3 is 0 Å². The molecule has 3 aromatic rings. The number of fused-ring (bicyclic) bond motifs is 1. The molecular formula is C22H22ClFN2O. The van der Waals surface area contributed by atoms with Crippen LogP contribution in [0.5, 0.6) is 5.75 Å². The van der Waals surface area contributed by atoms with E-state index in [1.165, 1.54) is 18.9 Å². The third-order valence-electron chi connectivity index (χ3n) is 5.08. The van der Waals surface area contributed by atoms with Crippen LogP contribution in [-0.2, 0) is 6.61 Å². The maximum absolute atomic E-state index is 14.0. The summed E-state index contributed by atoms with van der Waals surface area (Å²) in [7, 11) is 0. The van der Waals surface area contributed by atoms with E-state index in [0.29, 0.717) is 22.3 Å². The molecule has 1 aliphatic rings. The van der Waals surface area contributed by atoms with E-state index in [1.54, 1.807) is 12.1 Å². The number of halogens is 2. The molecule has 1 aromatic heterocycles. The van der Waals surface area contributed by atoms with Crippen molar-refractivity contribution < 1.29 is 9.13 Å². The van der Waals surface area contributed by atoms with Gasteiger partial charge in [-0.1, -0.05) is 36.7 Å². The number of piperidine rings is 1. The number of rotatable bonds is 4. The number of ether oxygens (including phenoxy) is 1. The minimum Gasteiger partial charge on any atom is -0.486 e. The molecule has 0 aliphatic carbocycles. The minimum absolute atomic E-state index is 0.0667. The highest BCUT2D eigenvalue weighted by Crippen LogP contribution is 2.30. The van der Waals surface area contributed by atoms with Gasteiger partial charge in [0.15, 0.2) is 0 Å². The molecule has 3 nitrogen and oxygen atoms in total. The molecule has 0 radical (unpaired) electrons. The lowest BCUT2D eigenvalue weighted by Gasteiger charge is -2.32. The first-order valence-electron chi connectivity index (χ1n) is 9.32. The summed E-state index contributed by atoms with van der Waals surface area (Å²) < 4.78 is 19.9. The van der Waals surface area contributed by atoms with Crippen LogP contribution in [0.4, 0.5) is 10.2 Å². The standard InChI is InChI=1S/C22H22ClFN2O/c1-15-5-4-12-26(13-15)21-11-10-16-6-2-9-20(22(16)25-21)27-14-17-18(23)7-3-8-19(17)24/h2-3,6-11,15H,4-5,12-14H2,1H3. The third-order valence-corrected chi connectivity index (χ3v) is 5.44. The average molecular weight is 385 g/mol. The predicted molar refractivity (Wildman–Crippen MR) is 108 cm³/mol. The monoisotopic (exact) mass is 384 g/mol. The van der Waals surface area contributed by atoms with Gasteiger partial charge in [-0.15, -0.1) is 0 Å². The maximum atomic E-state index is 14.0. The van der Waals surface area contributed by atoms with Crippen molar-refractivity contribution in [3.63, 3.8) is 0 Å². The van der Waals surface area contributed by atoms with Gasteiger partial charge in [-0.25, -0.2) is 9.37 Å². The van der Waals surface area contributed by atoms with Crippen molar-refractivity contribution in [3.8, 4) is 5.75 Å². The number of benzene rings is 2. The SMILES string of the molecule is CC1CCCN(c2ccc3cccc(OCc4c(F)cccc4Cl)c3n2)C1. The van der Waals surface area contributed by atoms with Gasteiger partial charge in [0.05, 0.1) is 5.02 Å². The maximum Gasteiger partial charge on any atom is 0.146 e. The van der Waals surface area contributed by atoms with Crippen LogP contribution in [0.2, 0.25) is 5.02 Å². The molecule has 1 unspecified atom stereocenters. The fourth-order valence-corrected chi connectivity index (χ4v) is 3.84. The van der Waals surface area contributed by atoms with E-state index in [9.17, 15) is 4.39 Å². The van der Waals surface area contributed by atoms with Gasteiger partial charge in [-0.05, 0) is 49.1 Å². The molecule has 2 aromatic carbocycles. The summed E-state index contributed by atoms with van der Waals surface area (Å²) in [5, 5.41) is 1.37. The molecule has 0 spiro atoms. The van der Waals surface area contributed by atoms with Gasteiger partial charge < -0.3 is 9.64 Å². The highest BCUT2D eigenvalue weighted by molar-refractivity contribution is 6.31. The lowest BCUT2D eigenvalue weighted by atomic mass is 10.0. The smallest absolute Gasteiger partial charge is 0.146 e. The van der Waals surface area contributed by atoms with E-state index in [-0.39, 0.29) is 12.4 Å². The fourth-order valence-electron chi connectivity index (χ4n) is 3.62. The Kier molecular flexibility index (Phi) is 5.17. The summed E-state index contributed by atoms with van der Waals surface area (Å²) in [6.45, 7) is 4.39. The van der Waals surface area contributed by atoms with Gasteiger partial charge in [-0.3, -0.25) is 0 Å². The second kappa shape index (κ2) is 7.73. The van der Waals surface area contributed by atoms with Gasteiger partial charge in [0, 0.05) is 24.0 Å². The van der Waals surface area contributed by atoms with Crippen molar-refractivity contribution in [1.82, 2.24) is 4.98 Å². The second-order valence-corrected chi connectivity index (χ2v) is 7.59. The molecule has 0 N–H and O–H groups in total. The van der Waals surface area contributed by atoms with Crippen LogP contribution >= 0.6 is 11.6 Å². The Morgan fingerprint density at radius 2 is 2.04 bits per heavy atom. The first-order valence-corrected chi connectivity index (χ1v) is 9.70. The Morgan fingerprint density at radius 3 is 2.85 bits per heavy atom. The molecule has 1 fully saturated rings. The van der Waals surface area contributed by atoms with Crippen LogP contribution in [-0.4, -0.2) is 18.1 Å². The van der Waals surface area contributed by atoms with E-state index in [4.69, 9.17) is 21.3 Å². The van der Waals surface area contributed by atoms with E-state index < -0.39 is 0 Å². The quantitative estimate of drug-likeness (QED) is 0.564. The molecule has 140 valence electrons. The zero-order valence-electron chi connectivity index (χ0n) is 15.3. The number of aromatic nitrogens is 1. The van der Waals surface area contributed by atoms with Gasteiger partial charge in [-0.2, -0.15) is 0 Å². The lowest BCUT2D eigenvalue weighted by Crippen LogP contribution is -2.34. The summed E-state index contributed by atoms with van der Waals surface area (Å²) in [6.07, 6.45) is 2.45. The summed E-state index contributed by atoms with van der Waals surface area (Å²) in [5.74, 6) is 1.91. The molecule has 2 heterocycles. The fraction of sp³-hybridized carbons (Fsp3) is 0.318. The molecular weight excluding hydrogens is 363 g/mol. The van der Waals surface area contributed by atoms with Crippen LogP contribution in [0.3, 0.4) is 0 Å². The zero-order chi connectivity index (χ0) is 18.8. The Morgan fingerprint density at radius 1 is 1.19 bits per heavy atom. The number of anilines is 1.